The fraction of sp³-hybridized carbons (Fsp3) is 0.667. The zero-order chi connectivity index (χ0) is 15.1. The third-order valence-electron chi connectivity index (χ3n) is 5.50. The van der Waals surface area contributed by atoms with Crippen molar-refractivity contribution in [3.63, 3.8) is 0 Å². The highest BCUT2D eigenvalue weighted by atomic mass is 16.5. The van der Waals surface area contributed by atoms with Crippen LogP contribution in [0.1, 0.15) is 56.7 Å². The fourth-order valence-electron chi connectivity index (χ4n) is 3.70. The molecule has 1 aliphatic heterocycles. The van der Waals surface area contributed by atoms with Crippen LogP contribution < -0.4 is 10.5 Å². The van der Waals surface area contributed by atoms with Crippen LogP contribution in [-0.2, 0) is 11.2 Å². The molecular weight excluding hydrogens is 262 g/mol. The lowest BCUT2D eigenvalue weighted by molar-refractivity contribution is -0.0794. The van der Waals surface area contributed by atoms with Crippen LogP contribution in [0.25, 0.3) is 0 Å². The average molecular weight is 289 g/mol. The van der Waals surface area contributed by atoms with Gasteiger partial charge in [-0.1, -0.05) is 26.0 Å². The van der Waals surface area contributed by atoms with E-state index in [9.17, 15) is 0 Å². The number of rotatable bonds is 3. The molecule has 3 heteroatoms. The van der Waals surface area contributed by atoms with Crippen LogP contribution in [0.5, 0.6) is 5.75 Å². The molecule has 0 amide bonds. The zero-order valence-electron chi connectivity index (χ0n) is 13.4. The fourth-order valence-corrected chi connectivity index (χ4v) is 3.70. The summed E-state index contributed by atoms with van der Waals surface area (Å²) in [4.78, 5) is 0. The summed E-state index contributed by atoms with van der Waals surface area (Å²) in [5.74, 6) is 1.02. The minimum absolute atomic E-state index is 0.0653. The van der Waals surface area contributed by atoms with Crippen molar-refractivity contribution in [3.8, 4) is 5.75 Å². The molecule has 1 unspecified atom stereocenters. The van der Waals surface area contributed by atoms with Gasteiger partial charge in [-0.25, -0.2) is 0 Å². The molecular formula is C18H27NO2. The highest BCUT2D eigenvalue weighted by Gasteiger charge is 2.43. The van der Waals surface area contributed by atoms with Gasteiger partial charge in [0.2, 0.25) is 0 Å². The topological polar surface area (TPSA) is 44.5 Å². The summed E-state index contributed by atoms with van der Waals surface area (Å²) in [7, 11) is 1.81. The lowest BCUT2D eigenvalue weighted by Crippen LogP contribution is -2.47. The SMILES string of the molecule is COC1(C(N)c2ccc3c(c2)CCO3)CCC(C)(C)CC1. The Morgan fingerprint density at radius 2 is 1.90 bits per heavy atom. The van der Waals surface area contributed by atoms with Gasteiger partial charge in [0.05, 0.1) is 18.2 Å². The maximum absolute atomic E-state index is 6.63. The van der Waals surface area contributed by atoms with Crippen LogP contribution in [0.4, 0.5) is 0 Å². The average Bonchev–Trinajstić information content (AvgIpc) is 2.94. The lowest BCUT2D eigenvalue weighted by atomic mass is 9.67. The Balaban J connectivity index is 1.84. The van der Waals surface area contributed by atoms with Gasteiger partial charge in [0, 0.05) is 13.5 Å². The summed E-state index contributed by atoms with van der Waals surface area (Å²) in [5.41, 5.74) is 9.29. The van der Waals surface area contributed by atoms with E-state index in [-0.39, 0.29) is 11.6 Å². The molecule has 0 spiro atoms. The highest BCUT2D eigenvalue weighted by molar-refractivity contribution is 5.41. The third kappa shape index (κ3) is 2.69. The Morgan fingerprint density at radius 1 is 1.19 bits per heavy atom. The maximum atomic E-state index is 6.63. The quantitative estimate of drug-likeness (QED) is 0.924. The Labute approximate surface area is 127 Å². The molecule has 2 N–H and O–H groups in total. The van der Waals surface area contributed by atoms with Crippen LogP contribution in [0.2, 0.25) is 0 Å². The van der Waals surface area contributed by atoms with Crippen molar-refractivity contribution in [1.29, 1.82) is 0 Å². The Kier molecular flexibility index (Phi) is 3.74. The third-order valence-corrected chi connectivity index (χ3v) is 5.50. The number of nitrogens with two attached hydrogens (primary N) is 1. The normalized spacial score (nSPS) is 24.2. The molecule has 1 atom stereocenters. The minimum atomic E-state index is -0.219. The van der Waals surface area contributed by atoms with Crippen molar-refractivity contribution in [2.24, 2.45) is 11.1 Å². The molecule has 3 nitrogen and oxygen atoms in total. The summed E-state index contributed by atoms with van der Waals surface area (Å²) in [5, 5.41) is 0. The van der Waals surface area contributed by atoms with E-state index < -0.39 is 0 Å². The number of hydrogen-bond donors (Lipinski definition) is 1. The van der Waals surface area contributed by atoms with Gasteiger partial charge in [0.1, 0.15) is 5.75 Å². The molecule has 1 saturated carbocycles. The molecule has 3 rings (SSSR count). The number of fused-ring (bicyclic) bond motifs is 1. The van der Waals surface area contributed by atoms with E-state index in [1.54, 1.807) is 0 Å². The molecule has 1 fully saturated rings. The van der Waals surface area contributed by atoms with Crippen molar-refractivity contribution in [1.82, 2.24) is 0 Å². The number of ether oxygens (including phenoxy) is 2. The molecule has 1 aromatic rings. The van der Waals surface area contributed by atoms with Gasteiger partial charge in [0.25, 0.3) is 0 Å². The van der Waals surface area contributed by atoms with Gasteiger partial charge in [-0.05, 0) is 48.3 Å². The second-order valence-corrected chi connectivity index (χ2v) is 7.38. The second kappa shape index (κ2) is 5.29. The first-order chi connectivity index (χ1) is 9.96. The van der Waals surface area contributed by atoms with Crippen molar-refractivity contribution in [3.05, 3.63) is 29.3 Å². The van der Waals surface area contributed by atoms with Crippen molar-refractivity contribution in [2.45, 2.75) is 57.6 Å². The van der Waals surface area contributed by atoms with Crippen LogP contribution >= 0.6 is 0 Å². The monoisotopic (exact) mass is 289 g/mol. The molecule has 2 aliphatic rings. The van der Waals surface area contributed by atoms with Gasteiger partial charge in [-0.15, -0.1) is 0 Å². The molecule has 0 aromatic heterocycles. The summed E-state index contributed by atoms with van der Waals surface area (Å²) in [6.45, 7) is 5.47. The lowest BCUT2D eigenvalue weighted by Gasteiger charge is -2.46. The van der Waals surface area contributed by atoms with Gasteiger partial charge < -0.3 is 15.2 Å². The highest BCUT2D eigenvalue weighted by Crippen LogP contribution is 2.47. The molecule has 0 saturated heterocycles. The van der Waals surface area contributed by atoms with E-state index in [4.69, 9.17) is 15.2 Å². The van der Waals surface area contributed by atoms with Gasteiger partial charge in [-0.2, -0.15) is 0 Å². The standard InChI is InChI=1S/C18H27NO2/c1-17(2)7-9-18(20-3,10-8-17)16(19)14-4-5-15-13(12-14)6-11-21-15/h4-5,12,16H,6-11,19H2,1-3H3. The molecule has 1 heterocycles. The molecule has 1 aliphatic carbocycles. The van der Waals surface area contributed by atoms with Crippen LogP contribution in [0.3, 0.4) is 0 Å². The number of benzene rings is 1. The van der Waals surface area contributed by atoms with Crippen LogP contribution in [-0.4, -0.2) is 19.3 Å². The van der Waals surface area contributed by atoms with E-state index in [1.165, 1.54) is 24.0 Å². The first kappa shape index (κ1) is 14.9. The largest absolute Gasteiger partial charge is 0.493 e. The van der Waals surface area contributed by atoms with Gasteiger partial charge >= 0.3 is 0 Å². The molecule has 1 aromatic carbocycles. The molecule has 0 radical (unpaired) electrons. The van der Waals surface area contributed by atoms with Crippen LogP contribution in [0, 0.1) is 5.41 Å². The van der Waals surface area contributed by atoms with Gasteiger partial charge in [0.15, 0.2) is 0 Å². The van der Waals surface area contributed by atoms with E-state index in [1.807, 2.05) is 7.11 Å². The van der Waals surface area contributed by atoms with Gasteiger partial charge in [-0.3, -0.25) is 0 Å². The Morgan fingerprint density at radius 3 is 2.57 bits per heavy atom. The number of hydrogen-bond acceptors (Lipinski definition) is 3. The van der Waals surface area contributed by atoms with E-state index in [0.717, 1.165) is 31.6 Å². The van der Waals surface area contributed by atoms with Crippen LogP contribution in [0.15, 0.2) is 18.2 Å². The smallest absolute Gasteiger partial charge is 0.122 e. The molecule has 116 valence electrons. The summed E-state index contributed by atoms with van der Waals surface area (Å²) < 4.78 is 11.5. The Bertz CT molecular complexity index is 514. The zero-order valence-corrected chi connectivity index (χ0v) is 13.4. The second-order valence-electron chi connectivity index (χ2n) is 7.38. The minimum Gasteiger partial charge on any atom is -0.493 e. The first-order valence-corrected chi connectivity index (χ1v) is 8.02. The van der Waals surface area contributed by atoms with E-state index in [2.05, 4.69) is 32.0 Å². The van der Waals surface area contributed by atoms with Crippen molar-refractivity contribution in [2.75, 3.05) is 13.7 Å². The predicted octanol–water partition coefficient (Wildman–Crippen LogP) is 3.61. The summed E-state index contributed by atoms with van der Waals surface area (Å²) >= 11 is 0. The Hall–Kier alpha value is -1.06. The van der Waals surface area contributed by atoms with E-state index >= 15 is 0 Å². The van der Waals surface area contributed by atoms with E-state index in [0.29, 0.717) is 5.41 Å². The molecule has 21 heavy (non-hydrogen) atoms. The summed E-state index contributed by atoms with van der Waals surface area (Å²) in [6, 6.07) is 6.32. The number of methoxy groups -OCH3 is 1. The first-order valence-electron chi connectivity index (χ1n) is 8.02. The summed E-state index contributed by atoms with van der Waals surface area (Å²) in [6.07, 6.45) is 5.39. The van der Waals surface area contributed by atoms with Crippen molar-refractivity contribution >= 4 is 0 Å². The predicted molar refractivity (Wildman–Crippen MR) is 84.6 cm³/mol. The van der Waals surface area contributed by atoms with Crippen molar-refractivity contribution < 1.29 is 9.47 Å². The maximum Gasteiger partial charge on any atom is 0.122 e. The molecule has 0 bridgehead atoms.